The molecule has 1 atom stereocenters. The largest absolute Gasteiger partial charge is 0.379 e. The SMILES string of the molecule is CN(Cc1ccccc1)Cc1cnn(CCCC(N)O)c1. The molecule has 1 heterocycles. The minimum Gasteiger partial charge on any atom is -0.379 e. The first-order valence-corrected chi connectivity index (χ1v) is 7.31. The second kappa shape index (κ2) is 7.93. The van der Waals surface area contributed by atoms with E-state index in [1.54, 1.807) is 0 Å². The highest BCUT2D eigenvalue weighted by Crippen LogP contribution is 2.08. The van der Waals surface area contributed by atoms with Crippen molar-refractivity contribution < 1.29 is 5.11 Å². The van der Waals surface area contributed by atoms with E-state index in [1.807, 2.05) is 16.9 Å². The van der Waals surface area contributed by atoms with Crippen molar-refractivity contribution in [3.8, 4) is 0 Å². The highest BCUT2D eigenvalue weighted by molar-refractivity contribution is 5.14. The molecule has 0 bridgehead atoms. The first-order chi connectivity index (χ1) is 10.1. The minimum absolute atomic E-state index is 0.600. The molecule has 2 rings (SSSR count). The third-order valence-corrected chi connectivity index (χ3v) is 3.32. The van der Waals surface area contributed by atoms with Crippen molar-refractivity contribution >= 4 is 0 Å². The molecular weight excluding hydrogens is 264 g/mol. The van der Waals surface area contributed by atoms with Gasteiger partial charge in [0.25, 0.3) is 0 Å². The maximum atomic E-state index is 9.04. The summed E-state index contributed by atoms with van der Waals surface area (Å²) in [5.74, 6) is 0. The van der Waals surface area contributed by atoms with Crippen LogP contribution in [0.15, 0.2) is 42.7 Å². The van der Waals surface area contributed by atoms with Gasteiger partial charge in [0.2, 0.25) is 0 Å². The topological polar surface area (TPSA) is 67.3 Å². The number of nitrogens with two attached hydrogens (primary N) is 1. The molecule has 0 aliphatic heterocycles. The average Bonchev–Trinajstić information content (AvgIpc) is 2.86. The molecule has 0 aliphatic rings. The quantitative estimate of drug-likeness (QED) is 0.724. The van der Waals surface area contributed by atoms with Gasteiger partial charge in [-0.2, -0.15) is 5.10 Å². The summed E-state index contributed by atoms with van der Waals surface area (Å²) in [5.41, 5.74) is 7.83. The van der Waals surface area contributed by atoms with E-state index >= 15 is 0 Å². The van der Waals surface area contributed by atoms with Crippen molar-refractivity contribution in [1.82, 2.24) is 14.7 Å². The summed E-state index contributed by atoms with van der Waals surface area (Å²) < 4.78 is 1.91. The number of aliphatic hydroxyl groups excluding tert-OH is 1. The van der Waals surface area contributed by atoms with Gasteiger partial charge in [-0.3, -0.25) is 9.58 Å². The van der Waals surface area contributed by atoms with Crippen LogP contribution in [-0.2, 0) is 19.6 Å². The maximum Gasteiger partial charge on any atom is 0.102 e. The summed E-state index contributed by atoms with van der Waals surface area (Å²) in [6, 6.07) is 10.4. The summed E-state index contributed by atoms with van der Waals surface area (Å²) in [7, 11) is 2.11. The number of benzene rings is 1. The second-order valence-electron chi connectivity index (χ2n) is 5.48. The molecule has 5 heteroatoms. The Labute approximate surface area is 126 Å². The third-order valence-electron chi connectivity index (χ3n) is 3.32. The van der Waals surface area contributed by atoms with Gasteiger partial charge in [0.05, 0.1) is 6.20 Å². The summed E-state index contributed by atoms with van der Waals surface area (Å²) >= 11 is 0. The molecule has 5 nitrogen and oxygen atoms in total. The molecule has 0 aliphatic carbocycles. The van der Waals surface area contributed by atoms with E-state index in [0.717, 1.165) is 26.1 Å². The predicted molar refractivity (Wildman–Crippen MR) is 83.3 cm³/mol. The van der Waals surface area contributed by atoms with Gasteiger partial charge >= 0.3 is 0 Å². The average molecular weight is 288 g/mol. The Morgan fingerprint density at radius 3 is 2.67 bits per heavy atom. The molecule has 114 valence electrons. The van der Waals surface area contributed by atoms with Gasteiger partial charge in [0, 0.05) is 31.4 Å². The number of aromatic nitrogens is 2. The number of nitrogens with zero attached hydrogens (tertiary/aromatic N) is 3. The summed E-state index contributed by atoms with van der Waals surface area (Å²) in [4.78, 5) is 2.26. The van der Waals surface area contributed by atoms with E-state index in [1.165, 1.54) is 11.1 Å². The van der Waals surface area contributed by atoms with Gasteiger partial charge in [-0.05, 0) is 25.5 Å². The Morgan fingerprint density at radius 2 is 1.95 bits per heavy atom. The van der Waals surface area contributed by atoms with Crippen molar-refractivity contribution in [2.75, 3.05) is 7.05 Å². The molecular formula is C16H24N4O. The number of rotatable bonds is 8. The van der Waals surface area contributed by atoms with Crippen LogP contribution in [-0.4, -0.2) is 33.1 Å². The Morgan fingerprint density at radius 1 is 1.24 bits per heavy atom. The van der Waals surface area contributed by atoms with Crippen molar-refractivity contribution in [1.29, 1.82) is 0 Å². The van der Waals surface area contributed by atoms with Gasteiger partial charge in [-0.25, -0.2) is 0 Å². The minimum atomic E-state index is -0.725. The maximum absolute atomic E-state index is 9.04. The summed E-state index contributed by atoms with van der Waals surface area (Å²) in [6.07, 6.45) is 4.67. The molecule has 2 aromatic rings. The zero-order valence-electron chi connectivity index (χ0n) is 12.5. The normalized spacial score (nSPS) is 12.8. The molecule has 1 aromatic heterocycles. The van der Waals surface area contributed by atoms with E-state index in [-0.39, 0.29) is 0 Å². The molecule has 1 unspecified atom stereocenters. The molecule has 3 N–H and O–H groups in total. The molecule has 21 heavy (non-hydrogen) atoms. The Kier molecular flexibility index (Phi) is 5.92. The Bertz CT molecular complexity index is 524. The summed E-state index contributed by atoms with van der Waals surface area (Å²) in [6.45, 7) is 2.58. The molecule has 0 amide bonds. The smallest absolute Gasteiger partial charge is 0.102 e. The molecule has 0 saturated carbocycles. The molecule has 0 fully saturated rings. The lowest BCUT2D eigenvalue weighted by molar-refractivity contribution is 0.167. The fourth-order valence-corrected chi connectivity index (χ4v) is 2.34. The number of hydrogen-bond donors (Lipinski definition) is 2. The molecule has 0 radical (unpaired) electrons. The first-order valence-electron chi connectivity index (χ1n) is 7.31. The van der Waals surface area contributed by atoms with Crippen LogP contribution in [0.5, 0.6) is 0 Å². The van der Waals surface area contributed by atoms with Crippen molar-refractivity contribution in [2.24, 2.45) is 5.73 Å². The lowest BCUT2D eigenvalue weighted by atomic mass is 10.2. The van der Waals surface area contributed by atoms with E-state index in [2.05, 4.69) is 47.5 Å². The number of aliphatic hydroxyl groups is 1. The first kappa shape index (κ1) is 15.7. The van der Waals surface area contributed by atoms with E-state index < -0.39 is 6.23 Å². The van der Waals surface area contributed by atoms with Gasteiger partial charge in [-0.1, -0.05) is 30.3 Å². The van der Waals surface area contributed by atoms with Crippen molar-refractivity contribution in [3.05, 3.63) is 53.9 Å². The number of hydrogen-bond acceptors (Lipinski definition) is 4. The van der Waals surface area contributed by atoms with Crippen LogP contribution in [0.3, 0.4) is 0 Å². The zero-order valence-corrected chi connectivity index (χ0v) is 12.5. The second-order valence-corrected chi connectivity index (χ2v) is 5.48. The van der Waals surface area contributed by atoms with Gasteiger partial charge < -0.3 is 10.8 Å². The van der Waals surface area contributed by atoms with Crippen LogP contribution in [0, 0.1) is 0 Å². The lowest BCUT2D eigenvalue weighted by Crippen LogP contribution is -2.19. The standard InChI is InChI=1S/C16H24N4O/c1-19(11-14-6-3-2-4-7-14)12-15-10-18-20(13-15)9-5-8-16(17)21/h2-4,6-7,10,13,16,21H,5,8-9,11-12,17H2,1H3. The fourth-order valence-electron chi connectivity index (χ4n) is 2.34. The van der Waals surface area contributed by atoms with Crippen molar-refractivity contribution in [2.45, 2.75) is 38.7 Å². The van der Waals surface area contributed by atoms with Crippen LogP contribution in [0.2, 0.25) is 0 Å². The van der Waals surface area contributed by atoms with E-state index in [9.17, 15) is 0 Å². The highest BCUT2D eigenvalue weighted by Gasteiger charge is 2.04. The van der Waals surface area contributed by atoms with E-state index in [4.69, 9.17) is 10.8 Å². The van der Waals surface area contributed by atoms with Gasteiger partial charge in [0.1, 0.15) is 6.23 Å². The number of aryl methyl sites for hydroxylation is 1. The van der Waals surface area contributed by atoms with Crippen LogP contribution >= 0.6 is 0 Å². The van der Waals surface area contributed by atoms with Crippen LogP contribution in [0.25, 0.3) is 0 Å². The molecule has 0 saturated heterocycles. The molecule has 1 aromatic carbocycles. The zero-order chi connectivity index (χ0) is 15.1. The predicted octanol–water partition coefficient (Wildman–Crippen LogP) is 1.57. The van der Waals surface area contributed by atoms with Gasteiger partial charge in [0.15, 0.2) is 0 Å². The highest BCUT2D eigenvalue weighted by atomic mass is 16.3. The lowest BCUT2D eigenvalue weighted by Gasteiger charge is -2.15. The monoisotopic (exact) mass is 288 g/mol. The van der Waals surface area contributed by atoms with E-state index in [0.29, 0.717) is 6.42 Å². The summed E-state index contributed by atoms with van der Waals surface area (Å²) in [5, 5.41) is 13.4. The Hall–Kier alpha value is -1.69. The fraction of sp³-hybridized carbons (Fsp3) is 0.438. The van der Waals surface area contributed by atoms with Crippen LogP contribution < -0.4 is 5.73 Å². The molecule has 0 spiro atoms. The Balaban J connectivity index is 1.79. The van der Waals surface area contributed by atoms with Gasteiger partial charge in [-0.15, -0.1) is 0 Å². The third kappa shape index (κ3) is 5.67. The van der Waals surface area contributed by atoms with Crippen molar-refractivity contribution in [3.63, 3.8) is 0 Å². The van der Waals surface area contributed by atoms with Crippen LogP contribution in [0.4, 0.5) is 0 Å². The van der Waals surface area contributed by atoms with Crippen LogP contribution in [0.1, 0.15) is 24.0 Å².